The summed E-state index contributed by atoms with van der Waals surface area (Å²) in [6.07, 6.45) is 23.1. The standard InChI is InChI=1S/C16H14ClN3.C15H14ClIN2.C15H15ClN2.C14H12ClN3O.C14H14ClN3.CH3F.CH3I.3CH4/c1-18-15-13-6-3-7-16(8-9-16)20(13)19-14(15)11-4-2-5-12(17)10-11;16-11-4-1-3-10(9-11)14-13(17)12-5-2-6-15(7-8-15)19(12)18-14;16-12-4-1-3-11(9-12)14-10-13-5-2-6-15(7-8-15)18(13)17-14;15-10-3-1-2-9(6-10)11-7-12-13(19)16-8-14(4-5-14)18(12)17-11;15-11-3-1-2-10(6-11)13-7-12-8-16-9-14(4-5-14)18(12)17-13;2*1-2;;;/h2,4-5,10H,3,6-9H2;1,3-4,9H,2,5-8H2;1,3-4,9-10H,2,5-8H2;1-3,6-7H,4-5,8H2,(H,16,19);1-3,6-7,16H,4-5,8-9H2;2*1H3;3*1H4. The van der Waals surface area contributed by atoms with Crippen molar-refractivity contribution in [1.29, 1.82) is 0 Å². The zero-order valence-corrected chi connectivity index (χ0v) is 62.8. The van der Waals surface area contributed by atoms with Gasteiger partial charge in [0.15, 0.2) is 0 Å². The molecule has 10 heterocycles. The van der Waals surface area contributed by atoms with Crippen LogP contribution in [0.2, 0.25) is 25.1 Å². The summed E-state index contributed by atoms with van der Waals surface area (Å²) in [5.74, 6) is -0.0432. The van der Waals surface area contributed by atoms with Gasteiger partial charge in [0.1, 0.15) is 11.4 Å². The molecule has 530 valence electrons. The number of amides is 1. The average Bonchev–Trinajstić information content (AvgIpc) is 1.87. The highest BCUT2D eigenvalue weighted by Gasteiger charge is 2.53. The molecule has 0 atom stereocenters. The molecular weight excluding hydrogens is 1600 g/mol. The van der Waals surface area contributed by atoms with E-state index in [2.05, 4.69) is 115 Å². The first-order valence-corrected chi connectivity index (χ1v) is 38.9. The Labute approximate surface area is 645 Å². The Kier molecular flexibility index (Phi) is 23.6. The van der Waals surface area contributed by atoms with Crippen LogP contribution in [-0.4, -0.2) is 80.0 Å². The van der Waals surface area contributed by atoms with Crippen LogP contribution in [0.4, 0.5) is 10.1 Å². The molecule has 0 saturated heterocycles. The second-order valence-corrected chi connectivity index (χ2v) is 30.7. The Morgan fingerprint density at radius 3 is 1.30 bits per heavy atom. The number of halogens is 8. The topological polar surface area (TPSA) is 135 Å². The Morgan fingerprint density at radius 1 is 0.446 bits per heavy atom. The van der Waals surface area contributed by atoms with Gasteiger partial charge in [0, 0.05) is 78.4 Å². The van der Waals surface area contributed by atoms with E-state index in [1.54, 1.807) is 0 Å². The third-order valence-electron chi connectivity index (χ3n) is 21.0. The van der Waals surface area contributed by atoms with Crippen LogP contribution in [0.15, 0.2) is 140 Å². The predicted octanol–water partition coefficient (Wildman–Crippen LogP) is 22.0. The molecule has 5 saturated carbocycles. The molecule has 5 spiro atoms. The van der Waals surface area contributed by atoms with Gasteiger partial charge in [-0.25, -0.2) is 4.85 Å². The maximum Gasteiger partial charge on any atom is 0.269 e. The monoisotopic (exact) mass is 1680 g/mol. The van der Waals surface area contributed by atoms with Crippen LogP contribution >= 0.6 is 103 Å². The fourth-order valence-electron chi connectivity index (χ4n) is 15.0. The summed E-state index contributed by atoms with van der Waals surface area (Å²) in [5.41, 5.74) is 17.9. The molecule has 0 unspecified atom stereocenters. The number of carbonyl (C=O) groups excluding carboxylic acids is 1. The number of nitrogens with one attached hydrogen (secondary N) is 2. The largest absolute Gasteiger partial charge is 0.348 e. The highest BCUT2D eigenvalue weighted by Crippen LogP contribution is 2.55. The van der Waals surface area contributed by atoms with E-state index >= 15 is 0 Å². The fourth-order valence-corrected chi connectivity index (χ4v) is 16.9. The lowest BCUT2D eigenvalue weighted by Crippen LogP contribution is -2.44. The predicted molar refractivity (Wildman–Crippen MR) is 428 cm³/mol. The summed E-state index contributed by atoms with van der Waals surface area (Å²) < 4.78 is 21.7. The molecule has 5 aliphatic heterocycles. The summed E-state index contributed by atoms with van der Waals surface area (Å²) in [5, 5.41) is 34.1. The normalized spacial score (nSPS) is 18.1. The van der Waals surface area contributed by atoms with E-state index in [9.17, 15) is 9.18 Å². The van der Waals surface area contributed by atoms with Crippen LogP contribution in [0.3, 0.4) is 0 Å². The van der Waals surface area contributed by atoms with Crippen LogP contribution in [-0.2, 0) is 53.5 Å². The molecule has 0 bridgehead atoms. The highest BCUT2D eigenvalue weighted by molar-refractivity contribution is 14.1. The number of aryl methyl sites for hydroxylation is 1. The number of hydrogen-bond acceptors (Lipinski definition) is 7. The minimum atomic E-state index is -0.0432. The lowest BCUT2D eigenvalue weighted by atomic mass is 10.00. The first-order valence-electron chi connectivity index (χ1n) is 33.8. The van der Waals surface area contributed by atoms with Crippen LogP contribution in [0, 0.1) is 10.1 Å². The number of fused-ring (bicyclic) bond motifs is 10. The van der Waals surface area contributed by atoms with E-state index in [1.807, 2.05) is 119 Å². The SMILES string of the molecule is C.C.C.CF.CI.Clc1cccc(-c2cc3n(n2)C2(CC2)CNC3)c1.Clc1cccc(-c2cc3n(n2)C2(CCC3)CC2)c1.Clc1cccc(-c2nn3c(c2I)CCCC32CC2)c1.O=C1NCC2(CC2)n2nc(-c3cccc(Cl)c3)cc21.[C-]#[N+]c1c(-c2cccc(Cl)c2)nn2c1CCCC21CC1. The van der Waals surface area contributed by atoms with Gasteiger partial charge in [-0.3, -0.25) is 32.6 Å². The lowest BCUT2D eigenvalue weighted by molar-refractivity contribution is 0.0902. The number of rotatable bonds is 5. The molecule has 1 amide bonds. The van der Waals surface area contributed by atoms with Gasteiger partial charge < -0.3 is 10.6 Å². The Morgan fingerprint density at radius 2 is 0.822 bits per heavy atom. The Hall–Kier alpha value is -6.09. The summed E-state index contributed by atoms with van der Waals surface area (Å²) >= 11 is 34.9. The van der Waals surface area contributed by atoms with Crippen molar-refractivity contribution in [2.45, 2.75) is 179 Å². The second-order valence-electron chi connectivity index (χ2n) is 27.4. The van der Waals surface area contributed by atoms with Gasteiger partial charge in [0.25, 0.3) is 5.91 Å². The first-order chi connectivity index (χ1) is 47.6. The number of benzene rings is 5. The minimum absolute atomic E-state index is 0. The molecule has 10 aromatic rings. The van der Waals surface area contributed by atoms with E-state index in [-0.39, 0.29) is 44.8 Å². The Balaban J connectivity index is 0.000000125. The van der Waals surface area contributed by atoms with Crippen LogP contribution in [0.1, 0.15) is 158 Å². The summed E-state index contributed by atoms with van der Waals surface area (Å²) in [7, 11) is 0.500. The fraction of sp³-hybridized carbons (Fsp3) is 0.405. The average molecular weight is 1680 g/mol. The van der Waals surface area contributed by atoms with Gasteiger partial charge in [0.2, 0.25) is 5.69 Å². The molecule has 101 heavy (non-hydrogen) atoms. The van der Waals surface area contributed by atoms with E-state index in [1.165, 1.54) is 111 Å². The van der Waals surface area contributed by atoms with Gasteiger partial charge in [-0.05, 0) is 234 Å². The van der Waals surface area contributed by atoms with Gasteiger partial charge in [0.05, 0.1) is 79.2 Å². The van der Waals surface area contributed by atoms with Crippen molar-refractivity contribution in [3.05, 3.63) is 208 Å². The molecular formula is C79H87Cl5FI2N13O. The summed E-state index contributed by atoms with van der Waals surface area (Å²) in [6, 6.07) is 45.3. The van der Waals surface area contributed by atoms with Gasteiger partial charge >= 0.3 is 0 Å². The zero-order chi connectivity index (χ0) is 68.1. The second kappa shape index (κ2) is 31.3. The molecule has 22 heteroatoms. The summed E-state index contributed by atoms with van der Waals surface area (Å²) in [6.45, 7) is 10.2. The summed E-state index contributed by atoms with van der Waals surface area (Å²) in [4.78, 5) is 17.7. The number of hydrogen-bond donors (Lipinski definition) is 2. The Bertz CT molecular complexity index is 4570. The third-order valence-corrected chi connectivity index (χ3v) is 23.3. The quantitative estimate of drug-likeness (QED) is 0.0995. The van der Waals surface area contributed by atoms with E-state index in [4.69, 9.17) is 85.0 Å². The van der Waals surface area contributed by atoms with Gasteiger partial charge in [-0.15, -0.1) is 0 Å². The third kappa shape index (κ3) is 15.4. The zero-order valence-electron chi connectivity index (χ0n) is 54.7. The van der Waals surface area contributed by atoms with Crippen molar-refractivity contribution in [1.82, 2.24) is 59.5 Å². The maximum absolute atomic E-state index is 11.9. The molecule has 5 aliphatic carbocycles. The molecule has 14 nitrogen and oxygen atoms in total. The molecule has 10 aliphatic rings. The highest BCUT2D eigenvalue weighted by atomic mass is 127. The number of alkyl halides is 2. The van der Waals surface area contributed by atoms with Crippen molar-refractivity contribution >= 4 is 115 Å². The van der Waals surface area contributed by atoms with E-state index in [0.717, 1.165) is 128 Å². The lowest BCUT2D eigenvalue weighted by Gasteiger charge is -2.24. The molecule has 5 aromatic carbocycles. The maximum atomic E-state index is 11.9. The van der Waals surface area contributed by atoms with Crippen molar-refractivity contribution in [2.75, 3.05) is 25.2 Å². The number of aromatic nitrogens is 10. The molecule has 5 aromatic heterocycles. The smallest absolute Gasteiger partial charge is 0.269 e. The molecule has 0 radical (unpaired) electrons. The minimum Gasteiger partial charge on any atom is -0.348 e. The van der Waals surface area contributed by atoms with Crippen LogP contribution in [0.25, 0.3) is 61.1 Å². The van der Waals surface area contributed by atoms with Crippen molar-refractivity contribution in [3.8, 4) is 56.3 Å². The van der Waals surface area contributed by atoms with Crippen molar-refractivity contribution in [2.24, 2.45) is 0 Å². The first kappa shape index (κ1) is 76.1. The number of carbonyl (C=O) groups is 1. The van der Waals surface area contributed by atoms with Crippen molar-refractivity contribution < 1.29 is 9.18 Å². The van der Waals surface area contributed by atoms with Crippen LogP contribution < -0.4 is 10.6 Å². The van der Waals surface area contributed by atoms with Gasteiger partial charge in [-0.1, -0.05) is 164 Å². The van der Waals surface area contributed by atoms with Gasteiger partial charge in [-0.2, -0.15) is 25.5 Å². The van der Waals surface area contributed by atoms with E-state index < -0.39 is 0 Å². The molecule has 5 fully saturated rings. The number of nitrogens with zero attached hydrogens (tertiary/aromatic N) is 11. The van der Waals surface area contributed by atoms with Crippen LogP contribution in [0.5, 0.6) is 0 Å². The van der Waals surface area contributed by atoms with E-state index in [0.29, 0.717) is 40.5 Å². The van der Waals surface area contributed by atoms with Crippen molar-refractivity contribution in [3.63, 3.8) is 0 Å². The molecule has 20 rings (SSSR count). The molecule has 2 N–H and O–H groups in total.